The molecule has 1 aromatic heterocycles. The summed E-state index contributed by atoms with van der Waals surface area (Å²) in [6.45, 7) is 5.48. The van der Waals surface area contributed by atoms with E-state index in [4.69, 9.17) is 16.3 Å². The number of aromatic nitrogens is 1. The molecule has 0 saturated carbocycles. The van der Waals surface area contributed by atoms with E-state index in [9.17, 15) is 9.59 Å². The van der Waals surface area contributed by atoms with Gasteiger partial charge in [-0.05, 0) is 61.7 Å². The average Bonchev–Trinajstić information content (AvgIpc) is 2.71. The molecular formula is C23H21ClN2O3. The molecule has 0 aliphatic carbocycles. The van der Waals surface area contributed by atoms with Gasteiger partial charge in [0.05, 0.1) is 18.4 Å². The van der Waals surface area contributed by atoms with E-state index in [0.29, 0.717) is 33.2 Å². The normalized spacial score (nSPS) is 10.5. The van der Waals surface area contributed by atoms with Crippen LogP contribution in [0.2, 0.25) is 5.02 Å². The van der Waals surface area contributed by atoms with Crippen molar-refractivity contribution in [2.75, 3.05) is 12.4 Å². The molecule has 0 aliphatic rings. The lowest BCUT2D eigenvalue weighted by Crippen LogP contribution is -2.18. The first-order chi connectivity index (χ1) is 13.8. The second-order valence-electron chi connectivity index (χ2n) is 6.74. The number of methoxy groups -OCH3 is 1. The average molecular weight is 409 g/mol. The molecule has 1 N–H and O–H groups in total. The van der Waals surface area contributed by atoms with E-state index in [-0.39, 0.29) is 5.91 Å². The summed E-state index contributed by atoms with van der Waals surface area (Å²) >= 11 is 5.95. The van der Waals surface area contributed by atoms with Crippen LogP contribution >= 0.6 is 11.6 Å². The van der Waals surface area contributed by atoms with Gasteiger partial charge >= 0.3 is 5.97 Å². The third-order valence-corrected chi connectivity index (χ3v) is 5.02. The highest BCUT2D eigenvalue weighted by Crippen LogP contribution is 2.26. The van der Waals surface area contributed by atoms with E-state index in [1.165, 1.54) is 7.11 Å². The predicted octanol–water partition coefficient (Wildman–Crippen LogP) is 5.37. The standard InChI is InChI=1S/C23H21ClN2O3/c1-13-5-11-18(23(28)29-4)15(3)20(13)26-22(27)21-14(2)6-12-19(25-21)16-7-9-17(24)10-8-16/h5-12H,1-4H3,(H,26,27). The Kier molecular flexibility index (Phi) is 5.99. The molecule has 1 heterocycles. The van der Waals surface area contributed by atoms with Gasteiger partial charge in [-0.1, -0.05) is 35.9 Å². The highest BCUT2D eigenvalue weighted by atomic mass is 35.5. The van der Waals surface area contributed by atoms with Crippen molar-refractivity contribution < 1.29 is 14.3 Å². The Balaban J connectivity index is 1.97. The van der Waals surface area contributed by atoms with E-state index < -0.39 is 5.97 Å². The van der Waals surface area contributed by atoms with Crippen molar-refractivity contribution in [3.63, 3.8) is 0 Å². The third kappa shape index (κ3) is 4.30. The number of benzene rings is 2. The molecule has 0 atom stereocenters. The number of pyridine rings is 1. The zero-order chi connectivity index (χ0) is 21.1. The fourth-order valence-electron chi connectivity index (χ4n) is 3.08. The van der Waals surface area contributed by atoms with Crippen LogP contribution in [-0.2, 0) is 4.74 Å². The number of hydrogen-bond donors (Lipinski definition) is 1. The van der Waals surface area contributed by atoms with Crippen molar-refractivity contribution in [3.8, 4) is 11.3 Å². The van der Waals surface area contributed by atoms with E-state index in [1.54, 1.807) is 31.2 Å². The number of carbonyl (C=O) groups is 2. The Morgan fingerprint density at radius 3 is 2.24 bits per heavy atom. The number of ether oxygens (including phenoxy) is 1. The zero-order valence-electron chi connectivity index (χ0n) is 16.7. The molecule has 148 valence electrons. The summed E-state index contributed by atoms with van der Waals surface area (Å²) in [5.74, 6) is -0.788. The van der Waals surface area contributed by atoms with Gasteiger partial charge in [0.25, 0.3) is 5.91 Å². The molecule has 5 nitrogen and oxygen atoms in total. The summed E-state index contributed by atoms with van der Waals surface area (Å²) in [6.07, 6.45) is 0. The number of rotatable bonds is 4. The van der Waals surface area contributed by atoms with Gasteiger partial charge in [-0.25, -0.2) is 9.78 Å². The Morgan fingerprint density at radius 2 is 1.59 bits per heavy atom. The number of esters is 1. The first kappa shape index (κ1) is 20.6. The molecular weight excluding hydrogens is 388 g/mol. The van der Waals surface area contributed by atoms with E-state index in [2.05, 4.69) is 10.3 Å². The maximum Gasteiger partial charge on any atom is 0.338 e. The predicted molar refractivity (Wildman–Crippen MR) is 115 cm³/mol. The van der Waals surface area contributed by atoms with Crippen molar-refractivity contribution in [2.24, 2.45) is 0 Å². The number of carbonyl (C=O) groups excluding carboxylic acids is 2. The van der Waals surface area contributed by atoms with Crippen LogP contribution in [-0.4, -0.2) is 24.0 Å². The molecule has 2 aromatic carbocycles. The Labute approximate surface area is 174 Å². The maximum atomic E-state index is 13.0. The second kappa shape index (κ2) is 8.45. The number of nitrogens with zero attached hydrogens (tertiary/aromatic N) is 1. The van der Waals surface area contributed by atoms with Gasteiger partial charge < -0.3 is 10.1 Å². The van der Waals surface area contributed by atoms with Crippen molar-refractivity contribution >= 4 is 29.2 Å². The lowest BCUT2D eigenvalue weighted by atomic mass is 10.0. The summed E-state index contributed by atoms with van der Waals surface area (Å²) in [6, 6.07) is 14.5. The highest BCUT2D eigenvalue weighted by molar-refractivity contribution is 6.30. The molecule has 0 bridgehead atoms. The van der Waals surface area contributed by atoms with Crippen LogP contribution in [0.15, 0.2) is 48.5 Å². The largest absolute Gasteiger partial charge is 0.465 e. The first-order valence-electron chi connectivity index (χ1n) is 9.05. The van der Waals surface area contributed by atoms with E-state index in [0.717, 1.165) is 16.7 Å². The molecule has 0 aliphatic heterocycles. The summed E-state index contributed by atoms with van der Waals surface area (Å²) in [4.78, 5) is 29.5. The monoisotopic (exact) mass is 408 g/mol. The van der Waals surface area contributed by atoms with Gasteiger partial charge in [0, 0.05) is 16.3 Å². The van der Waals surface area contributed by atoms with Gasteiger partial charge in [0.15, 0.2) is 0 Å². The summed E-state index contributed by atoms with van der Waals surface area (Å²) < 4.78 is 4.82. The van der Waals surface area contributed by atoms with Crippen LogP contribution in [0.1, 0.15) is 37.5 Å². The van der Waals surface area contributed by atoms with Crippen molar-refractivity contribution in [1.29, 1.82) is 0 Å². The summed E-state index contributed by atoms with van der Waals surface area (Å²) in [5, 5.41) is 3.55. The van der Waals surface area contributed by atoms with Crippen molar-refractivity contribution in [1.82, 2.24) is 4.98 Å². The number of nitrogens with one attached hydrogen (secondary N) is 1. The molecule has 29 heavy (non-hydrogen) atoms. The molecule has 0 spiro atoms. The van der Waals surface area contributed by atoms with Gasteiger partial charge in [0.1, 0.15) is 5.69 Å². The molecule has 0 radical (unpaired) electrons. The van der Waals surface area contributed by atoms with Crippen molar-refractivity contribution in [2.45, 2.75) is 20.8 Å². The minimum atomic E-state index is -0.447. The molecule has 0 unspecified atom stereocenters. The minimum Gasteiger partial charge on any atom is -0.465 e. The molecule has 6 heteroatoms. The first-order valence-corrected chi connectivity index (χ1v) is 9.43. The van der Waals surface area contributed by atoms with Crippen LogP contribution in [0.4, 0.5) is 5.69 Å². The summed E-state index contributed by atoms with van der Waals surface area (Å²) in [5.41, 5.74) is 5.09. The fraction of sp³-hybridized carbons (Fsp3) is 0.174. The van der Waals surface area contributed by atoms with E-state index >= 15 is 0 Å². The van der Waals surface area contributed by atoms with Crippen molar-refractivity contribution in [3.05, 3.63) is 81.5 Å². The quantitative estimate of drug-likeness (QED) is 0.589. The number of aryl methyl sites for hydroxylation is 2. The Bertz CT molecular complexity index is 1090. The second-order valence-corrected chi connectivity index (χ2v) is 7.18. The molecule has 1 amide bonds. The molecule has 0 fully saturated rings. The molecule has 3 rings (SSSR count). The van der Waals surface area contributed by atoms with Crippen LogP contribution in [0, 0.1) is 20.8 Å². The lowest BCUT2D eigenvalue weighted by Gasteiger charge is -2.15. The van der Waals surface area contributed by atoms with E-state index in [1.807, 2.05) is 38.1 Å². The number of amides is 1. The lowest BCUT2D eigenvalue weighted by molar-refractivity contribution is 0.0599. The SMILES string of the molecule is COC(=O)c1ccc(C)c(NC(=O)c2nc(-c3ccc(Cl)cc3)ccc2C)c1C. The zero-order valence-corrected chi connectivity index (χ0v) is 17.4. The fourth-order valence-corrected chi connectivity index (χ4v) is 3.21. The maximum absolute atomic E-state index is 13.0. The van der Waals surface area contributed by atoms with Crippen LogP contribution in [0.25, 0.3) is 11.3 Å². The highest BCUT2D eigenvalue weighted by Gasteiger charge is 2.18. The molecule has 3 aromatic rings. The Hall–Kier alpha value is -3.18. The van der Waals surface area contributed by atoms with Crippen LogP contribution in [0.5, 0.6) is 0 Å². The van der Waals surface area contributed by atoms with Gasteiger partial charge in [-0.2, -0.15) is 0 Å². The van der Waals surface area contributed by atoms with Gasteiger partial charge in [0.2, 0.25) is 0 Å². The summed E-state index contributed by atoms with van der Waals surface area (Å²) in [7, 11) is 1.33. The van der Waals surface area contributed by atoms with Crippen LogP contribution in [0.3, 0.4) is 0 Å². The number of halogens is 1. The Morgan fingerprint density at radius 1 is 0.931 bits per heavy atom. The minimum absolute atomic E-state index is 0.319. The smallest absolute Gasteiger partial charge is 0.338 e. The number of anilines is 1. The topological polar surface area (TPSA) is 68.3 Å². The van der Waals surface area contributed by atoms with Crippen LogP contribution < -0.4 is 5.32 Å². The van der Waals surface area contributed by atoms with Gasteiger partial charge in [-0.15, -0.1) is 0 Å². The number of hydrogen-bond acceptors (Lipinski definition) is 4. The third-order valence-electron chi connectivity index (χ3n) is 4.77. The molecule has 0 saturated heterocycles. The van der Waals surface area contributed by atoms with Gasteiger partial charge in [-0.3, -0.25) is 4.79 Å².